The van der Waals surface area contributed by atoms with E-state index in [9.17, 15) is 9.18 Å². The van der Waals surface area contributed by atoms with E-state index in [4.69, 9.17) is 27.3 Å². The number of aliphatic hydroxyl groups excluding tert-OH is 1. The molecule has 1 aromatic carbocycles. The number of amides is 1. The van der Waals surface area contributed by atoms with Crippen molar-refractivity contribution >= 4 is 34.8 Å². The Morgan fingerprint density at radius 2 is 2.17 bits per heavy atom. The van der Waals surface area contributed by atoms with Crippen LogP contribution in [0.4, 0.5) is 20.6 Å². The fourth-order valence-electron chi connectivity index (χ4n) is 3.47. The minimum absolute atomic E-state index is 0.0370. The summed E-state index contributed by atoms with van der Waals surface area (Å²) in [6, 6.07) is 6.78. The van der Waals surface area contributed by atoms with Gasteiger partial charge in [-0.3, -0.25) is 4.90 Å². The molecule has 2 fully saturated rings. The number of carbonyl (C=O) groups is 1. The molecule has 10 heteroatoms. The average Bonchev–Trinajstić information content (AvgIpc) is 3.12. The minimum Gasteiger partial charge on any atom is -0.442 e. The van der Waals surface area contributed by atoms with E-state index in [0.29, 0.717) is 42.7 Å². The summed E-state index contributed by atoms with van der Waals surface area (Å²) in [5.74, 6) is -0.399. The third kappa shape index (κ3) is 5.37. The molecule has 2 saturated heterocycles. The molecule has 1 amide bonds. The van der Waals surface area contributed by atoms with Gasteiger partial charge in [-0.05, 0) is 43.3 Å². The quantitative estimate of drug-likeness (QED) is 0.460. The van der Waals surface area contributed by atoms with Crippen LogP contribution in [-0.2, 0) is 4.74 Å². The van der Waals surface area contributed by atoms with Crippen LogP contribution in [0.15, 0.2) is 29.8 Å². The molecule has 0 bridgehead atoms. The summed E-state index contributed by atoms with van der Waals surface area (Å²) in [6.07, 6.45) is 2.07. The molecule has 0 aromatic heterocycles. The number of cyclic esters (lactones) is 1. The van der Waals surface area contributed by atoms with E-state index in [0.717, 1.165) is 18.4 Å². The highest BCUT2D eigenvalue weighted by molar-refractivity contribution is 7.80. The predicted molar refractivity (Wildman–Crippen MR) is 115 cm³/mol. The number of hydrogen-bond donors (Lipinski definition) is 3. The molecule has 0 spiro atoms. The Hall–Kier alpha value is -2.90. The largest absolute Gasteiger partial charge is 0.442 e. The summed E-state index contributed by atoms with van der Waals surface area (Å²) in [5.41, 5.74) is 2.00. The van der Waals surface area contributed by atoms with Crippen molar-refractivity contribution in [3.63, 3.8) is 0 Å². The average molecular weight is 434 g/mol. The zero-order valence-corrected chi connectivity index (χ0v) is 17.3. The van der Waals surface area contributed by atoms with Gasteiger partial charge in [0, 0.05) is 25.7 Å². The number of anilines is 2. The van der Waals surface area contributed by atoms with Gasteiger partial charge in [0.2, 0.25) is 0 Å². The minimum atomic E-state index is -0.535. The maximum atomic E-state index is 14.8. The molecule has 1 aromatic rings. The lowest BCUT2D eigenvalue weighted by Gasteiger charge is -2.30. The Kier molecular flexibility index (Phi) is 7.43. The monoisotopic (exact) mass is 433 g/mol. The number of piperidine rings is 1. The molecule has 0 aliphatic carbocycles. The molecule has 160 valence electrons. The van der Waals surface area contributed by atoms with Crippen LogP contribution in [0.5, 0.6) is 0 Å². The Morgan fingerprint density at radius 3 is 2.83 bits per heavy atom. The Morgan fingerprint density at radius 1 is 1.40 bits per heavy atom. The second-order valence-corrected chi connectivity index (χ2v) is 7.44. The smallest absolute Gasteiger partial charge is 0.414 e. The lowest BCUT2D eigenvalue weighted by Crippen LogP contribution is -2.41. The Bertz CT molecular complexity index is 862. The first-order valence-corrected chi connectivity index (χ1v) is 10.2. The van der Waals surface area contributed by atoms with Crippen LogP contribution in [0, 0.1) is 17.1 Å². The molecule has 2 aliphatic rings. The first-order valence-electron chi connectivity index (χ1n) is 9.74. The topological polar surface area (TPSA) is 101 Å². The first-order chi connectivity index (χ1) is 14.5. The number of benzene rings is 1. The van der Waals surface area contributed by atoms with Crippen molar-refractivity contribution in [1.29, 1.82) is 5.26 Å². The van der Waals surface area contributed by atoms with Crippen molar-refractivity contribution in [3.05, 3.63) is 35.7 Å². The second kappa shape index (κ2) is 10.2. The molecule has 0 saturated carbocycles. The number of hydrogen-bond acceptors (Lipinski definition) is 6. The molecule has 3 N–H and O–H groups in total. The Balaban J connectivity index is 1.58. The van der Waals surface area contributed by atoms with E-state index in [-0.39, 0.29) is 13.2 Å². The van der Waals surface area contributed by atoms with E-state index >= 15 is 0 Å². The van der Waals surface area contributed by atoms with E-state index in [1.165, 1.54) is 11.0 Å². The maximum Gasteiger partial charge on any atom is 0.414 e. The lowest BCUT2D eigenvalue weighted by molar-refractivity contribution is 0.143. The molecule has 3 rings (SSSR count). The number of nitrogens with one attached hydrogen (secondary N) is 2. The van der Waals surface area contributed by atoms with E-state index < -0.39 is 18.0 Å². The Labute approximate surface area is 179 Å². The fourth-order valence-corrected chi connectivity index (χ4v) is 3.65. The van der Waals surface area contributed by atoms with Crippen LogP contribution >= 0.6 is 12.2 Å². The van der Waals surface area contributed by atoms with Crippen molar-refractivity contribution < 1.29 is 19.0 Å². The van der Waals surface area contributed by atoms with Gasteiger partial charge in [0.05, 0.1) is 37.1 Å². The second-order valence-electron chi connectivity index (χ2n) is 7.03. The number of aliphatic hydroxyl groups is 1. The molecule has 1 atom stereocenters. The number of nitrogens with zero attached hydrogens (tertiary/aromatic N) is 3. The molecule has 0 radical (unpaired) electrons. The van der Waals surface area contributed by atoms with Gasteiger partial charge in [-0.15, -0.1) is 0 Å². The third-order valence-corrected chi connectivity index (χ3v) is 5.31. The van der Waals surface area contributed by atoms with Crippen molar-refractivity contribution in [3.8, 4) is 6.07 Å². The standard InChI is InChI=1S/C20H24FN5O3S/c21-17-11-15(1-2-18(17)25-8-4-14(3-6-22)5-9-25)26-13-16(29-20(26)28)12-24-19(30)23-7-10-27/h1-3,11,16,27H,4-5,7-10,12-13H2,(H2,23,24,30)/t16-/m0/s1. The number of thiocarbonyl (C=S) groups is 1. The summed E-state index contributed by atoms with van der Waals surface area (Å²) in [6.45, 7) is 2.18. The highest BCUT2D eigenvalue weighted by Gasteiger charge is 2.33. The van der Waals surface area contributed by atoms with E-state index in [2.05, 4.69) is 10.6 Å². The third-order valence-electron chi connectivity index (χ3n) is 5.02. The summed E-state index contributed by atoms with van der Waals surface area (Å²) < 4.78 is 20.1. The summed E-state index contributed by atoms with van der Waals surface area (Å²) in [4.78, 5) is 15.6. The van der Waals surface area contributed by atoms with Gasteiger partial charge >= 0.3 is 6.09 Å². The SMILES string of the molecule is N#CC=C1CCN(c2ccc(N3C[C@H](CNC(=S)NCCO)OC3=O)cc2F)CC1. The predicted octanol–water partition coefficient (Wildman–Crippen LogP) is 1.66. The van der Waals surface area contributed by atoms with Gasteiger partial charge in [0.25, 0.3) is 0 Å². The van der Waals surface area contributed by atoms with Crippen molar-refractivity contribution in [2.24, 2.45) is 0 Å². The summed E-state index contributed by atoms with van der Waals surface area (Å²) in [5, 5.41) is 23.6. The van der Waals surface area contributed by atoms with Crippen LogP contribution in [0.1, 0.15) is 12.8 Å². The van der Waals surface area contributed by atoms with Crippen LogP contribution in [-0.4, -0.2) is 61.7 Å². The zero-order chi connectivity index (χ0) is 21.5. The highest BCUT2D eigenvalue weighted by atomic mass is 32.1. The van der Waals surface area contributed by atoms with Gasteiger partial charge in [-0.25, -0.2) is 9.18 Å². The van der Waals surface area contributed by atoms with Crippen LogP contribution < -0.4 is 20.4 Å². The van der Waals surface area contributed by atoms with Crippen molar-refractivity contribution in [2.45, 2.75) is 18.9 Å². The molecule has 2 heterocycles. The first kappa shape index (κ1) is 21.8. The van der Waals surface area contributed by atoms with Crippen molar-refractivity contribution in [1.82, 2.24) is 10.6 Å². The number of rotatable bonds is 6. The molecular formula is C20H24FN5O3S. The number of nitriles is 1. The molecule has 2 aliphatic heterocycles. The van der Waals surface area contributed by atoms with Gasteiger partial charge < -0.3 is 25.4 Å². The van der Waals surface area contributed by atoms with Gasteiger partial charge in [-0.2, -0.15) is 5.26 Å². The molecule has 8 nitrogen and oxygen atoms in total. The van der Waals surface area contributed by atoms with Crippen LogP contribution in [0.3, 0.4) is 0 Å². The number of ether oxygens (including phenoxy) is 1. The lowest BCUT2D eigenvalue weighted by atomic mass is 10.0. The molecular weight excluding hydrogens is 409 g/mol. The summed E-state index contributed by atoms with van der Waals surface area (Å²) in [7, 11) is 0. The van der Waals surface area contributed by atoms with Gasteiger partial charge in [0.15, 0.2) is 5.11 Å². The van der Waals surface area contributed by atoms with Crippen LogP contribution in [0.25, 0.3) is 0 Å². The van der Waals surface area contributed by atoms with E-state index in [1.54, 1.807) is 18.2 Å². The zero-order valence-electron chi connectivity index (χ0n) is 16.4. The number of halogens is 1. The van der Waals surface area contributed by atoms with Gasteiger partial charge in [0.1, 0.15) is 11.9 Å². The fraction of sp³-hybridized carbons (Fsp3) is 0.450. The van der Waals surface area contributed by atoms with E-state index in [1.807, 2.05) is 11.0 Å². The highest BCUT2D eigenvalue weighted by Crippen LogP contribution is 2.30. The van der Waals surface area contributed by atoms with Crippen molar-refractivity contribution in [2.75, 3.05) is 49.1 Å². The molecule has 30 heavy (non-hydrogen) atoms. The number of carbonyl (C=O) groups excluding carboxylic acids is 1. The van der Waals surface area contributed by atoms with Gasteiger partial charge in [-0.1, -0.05) is 5.57 Å². The maximum absolute atomic E-state index is 14.8. The normalized spacial score (nSPS) is 18.6. The number of allylic oxidation sites excluding steroid dienone is 1. The summed E-state index contributed by atoms with van der Waals surface area (Å²) >= 11 is 5.06. The van der Waals surface area contributed by atoms with Crippen LogP contribution in [0.2, 0.25) is 0 Å². The molecule has 0 unspecified atom stereocenters.